The number of nitrogens with zero attached hydrogens (tertiary/aromatic N) is 1. The lowest BCUT2D eigenvalue weighted by Gasteiger charge is -2.18. The number of methoxy groups -OCH3 is 1. The van der Waals surface area contributed by atoms with Crippen LogP contribution in [0.4, 0.5) is 0 Å². The van der Waals surface area contributed by atoms with Gasteiger partial charge in [0.25, 0.3) is 0 Å². The molecule has 1 aromatic heterocycles. The molecule has 0 saturated carbocycles. The lowest BCUT2D eigenvalue weighted by molar-refractivity contribution is 0.0600. The van der Waals surface area contributed by atoms with Crippen molar-refractivity contribution in [3.8, 4) is 17.4 Å². The Bertz CT molecular complexity index is 1180. The van der Waals surface area contributed by atoms with Crippen LogP contribution in [0.15, 0.2) is 36.4 Å². The van der Waals surface area contributed by atoms with Gasteiger partial charge in [-0.1, -0.05) is 6.07 Å². The molecule has 2 heterocycles. The van der Waals surface area contributed by atoms with Crippen molar-refractivity contribution >= 4 is 28.6 Å². The molecule has 1 aliphatic heterocycles. The maximum Gasteiger partial charge on any atom is 0.337 e. The van der Waals surface area contributed by atoms with Crippen LogP contribution in [0.3, 0.4) is 0 Å². The molecule has 4 rings (SSSR count). The first kappa shape index (κ1) is 18.5. The van der Waals surface area contributed by atoms with Gasteiger partial charge in [0.15, 0.2) is 17.3 Å². The largest absolute Gasteiger partial charge is 0.494 e. The number of hydrogen-bond donors (Lipinski definition) is 1. The summed E-state index contributed by atoms with van der Waals surface area (Å²) in [5.74, 6) is -1.11. The summed E-state index contributed by atoms with van der Waals surface area (Å²) in [6.45, 7) is 2.05. The minimum absolute atomic E-state index is 0.0386. The van der Waals surface area contributed by atoms with Gasteiger partial charge in [-0.25, -0.2) is 4.79 Å². The fourth-order valence-electron chi connectivity index (χ4n) is 3.39. The molecule has 0 unspecified atom stereocenters. The molecule has 2 aromatic carbocycles. The molecule has 29 heavy (non-hydrogen) atoms. The van der Waals surface area contributed by atoms with Crippen molar-refractivity contribution in [2.24, 2.45) is 0 Å². The molecular formula is C21H17NO7. The molecule has 0 atom stereocenters. The number of carbonyl (C=O) groups excluding carboxylic acids is 3. The van der Waals surface area contributed by atoms with E-state index in [1.54, 1.807) is 12.1 Å². The predicted molar refractivity (Wildman–Crippen MR) is 102 cm³/mol. The van der Waals surface area contributed by atoms with Crippen LogP contribution in [-0.4, -0.2) is 47.7 Å². The van der Waals surface area contributed by atoms with Crippen LogP contribution < -0.4 is 9.47 Å². The van der Waals surface area contributed by atoms with Crippen molar-refractivity contribution in [3.63, 3.8) is 0 Å². The van der Waals surface area contributed by atoms with Crippen molar-refractivity contribution < 1.29 is 33.7 Å². The summed E-state index contributed by atoms with van der Waals surface area (Å²) in [7, 11) is 1.24. The fourth-order valence-corrected chi connectivity index (χ4v) is 3.39. The Morgan fingerprint density at radius 1 is 1.00 bits per heavy atom. The molecule has 0 spiro atoms. The zero-order valence-corrected chi connectivity index (χ0v) is 15.7. The minimum Gasteiger partial charge on any atom is -0.494 e. The Labute approximate surface area is 165 Å². The number of esters is 1. The van der Waals surface area contributed by atoms with E-state index < -0.39 is 23.5 Å². The number of carbonyl (C=O) groups is 3. The molecule has 8 heteroatoms. The van der Waals surface area contributed by atoms with Crippen LogP contribution in [0, 0.1) is 0 Å². The number of rotatable bonds is 3. The average molecular weight is 395 g/mol. The number of benzene rings is 2. The van der Waals surface area contributed by atoms with E-state index in [4.69, 9.17) is 14.2 Å². The molecular weight excluding hydrogens is 378 g/mol. The summed E-state index contributed by atoms with van der Waals surface area (Å²) >= 11 is 0. The second kappa shape index (κ2) is 6.97. The smallest absolute Gasteiger partial charge is 0.337 e. The van der Waals surface area contributed by atoms with Crippen LogP contribution in [0.1, 0.15) is 38.0 Å². The fraction of sp³-hybridized carbons (Fsp3) is 0.190. The third-order valence-corrected chi connectivity index (χ3v) is 4.71. The summed E-state index contributed by atoms with van der Waals surface area (Å²) in [5, 5.41) is 11.0. The molecule has 0 saturated heterocycles. The van der Waals surface area contributed by atoms with Crippen LogP contribution >= 0.6 is 0 Å². The van der Waals surface area contributed by atoms with Gasteiger partial charge in [-0.05, 0) is 30.3 Å². The Balaban J connectivity index is 1.89. The number of fused-ring (bicyclic) bond motifs is 2. The summed E-state index contributed by atoms with van der Waals surface area (Å²) in [4.78, 5) is 37.2. The first-order valence-corrected chi connectivity index (χ1v) is 8.83. The number of ether oxygens (including phenoxy) is 3. The van der Waals surface area contributed by atoms with E-state index in [-0.39, 0.29) is 22.2 Å². The first-order valence-electron chi connectivity index (χ1n) is 8.83. The van der Waals surface area contributed by atoms with Gasteiger partial charge < -0.3 is 19.3 Å². The van der Waals surface area contributed by atoms with Gasteiger partial charge in [0.2, 0.25) is 11.8 Å². The normalized spacial score (nSPS) is 12.6. The standard InChI is InChI=1S/C21H17NO7/c1-11(23)22-15-9-13(21(26)27-2)3-5-14(15)18(20(22)25)19(24)12-4-6-16-17(10-12)29-8-7-28-16/h3-6,9-10,25H,7-8H2,1-2H3. The van der Waals surface area contributed by atoms with Gasteiger partial charge in [-0.15, -0.1) is 0 Å². The highest BCUT2D eigenvalue weighted by atomic mass is 16.6. The van der Waals surface area contributed by atoms with Crippen molar-refractivity contribution in [2.75, 3.05) is 20.3 Å². The predicted octanol–water partition coefficient (Wildman–Crippen LogP) is 2.80. The molecule has 3 aromatic rings. The van der Waals surface area contributed by atoms with E-state index in [2.05, 4.69) is 0 Å². The number of aromatic nitrogens is 1. The van der Waals surface area contributed by atoms with Crippen molar-refractivity contribution in [2.45, 2.75) is 6.92 Å². The summed E-state index contributed by atoms with van der Waals surface area (Å²) < 4.78 is 16.7. The summed E-state index contributed by atoms with van der Waals surface area (Å²) in [6, 6.07) is 9.11. The lowest BCUT2D eigenvalue weighted by Crippen LogP contribution is -2.16. The Kier molecular flexibility index (Phi) is 4.46. The molecule has 0 amide bonds. The third-order valence-electron chi connectivity index (χ3n) is 4.71. The van der Waals surface area contributed by atoms with Crippen molar-refractivity contribution in [3.05, 3.63) is 53.1 Å². The highest BCUT2D eigenvalue weighted by Crippen LogP contribution is 2.36. The van der Waals surface area contributed by atoms with Gasteiger partial charge in [-0.3, -0.25) is 14.2 Å². The van der Waals surface area contributed by atoms with E-state index in [0.717, 1.165) is 4.57 Å². The number of ketones is 1. The van der Waals surface area contributed by atoms with Gasteiger partial charge >= 0.3 is 5.97 Å². The molecule has 148 valence electrons. The van der Waals surface area contributed by atoms with E-state index >= 15 is 0 Å². The highest BCUT2D eigenvalue weighted by molar-refractivity contribution is 6.20. The average Bonchev–Trinajstić information content (AvgIpc) is 3.03. The quantitative estimate of drug-likeness (QED) is 0.537. The van der Waals surface area contributed by atoms with Crippen LogP contribution in [0.2, 0.25) is 0 Å². The van der Waals surface area contributed by atoms with E-state index in [9.17, 15) is 19.5 Å². The zero-order chi connectivity index (χ0) is 20.7. The van der Waals surface area contributed by atoms with Crippen LogP contribution in [0.5, 0.6) is 17.4 Å². The molecule has 0 radical (unpaired) electrons. The van der Waals surface area contributed by atoms with E-state index in [1.165, 1.54) is 38.3 Å². The maximum atomic E-state index is 13.2. The minimum atomic E-state index is -0.595. The monoisotopic (exact) mass is 395 g/mol. The van der Waals surface area contributed by atoms with Crippen molar-refractivity contribution in [1.29, 1.82) is 0 Å². The maximum absolute atomic E-state index is 13.2. The SMILES string of the molecule is COC(=O)c1ccc2c(C(=O)c3ccc4c(c3)OCCO4)c(O)n(C(C)=O)c2c1. The van der Waals surface area contributed by atoms with E-state index in [0.29, 0.717) is 30.1 Å². The first-order chi connectivity index (χ1) is 13.9. The zero-order valence-electron chi connectivity index (χ0n) is 15.7. The second-order valence-electron chi connectivity index (χ2n) is 6.46. The van der Waals surface area contributed by atoms with Crippen molar-refractivity contribution in [1.82, 2.24) is 4.57 Å². The van der Waals surface area contributed by atoms with Gasteiger partial charge in [0.1, 0.15) is 13.2 Å². The molecule has 0 bridgehead atoms. The number of hydrogen-bond acceptors (Lipinski definition) is 7. The Morgan fingerprint density at radius 3 is 2.38 bits per heavy atom. The van der Waals surface area contributed by atoms with Gasteiger partial charge in [-0.2, -0.15) is 0 Å². The van der Waals surface area contributed by atoms with Crippen LogP contribution in [0.25, 0.3) is 10.9 Å². The highest BCUT2D eigenvalue weighted by Gasteiger charge is 2.27. The second-order valence-corrected chi connectivity index (χ2v) is 6.46. The van der Waals surface area contributed by atoms with Gasteiger partial charge in [0, 0.05) is 17.9 Å². The molecule has 8 nitrogen and oxygen atoms in total. The Morgan fingerprint density at radius 2 is 1.69 bits per heavy atom. The van der Waals surface area contributed by atoms with Gasteiger partial charge in [0.05, 0.1) is 23.8 Å². The Hall–Kier alpha value is -3.81. The topological polar surface area (TPSA) is 104 Å². The van der Waals surface area contributed by atoms with E-state index in [1.807, 2.05) is 0 Å². The molecule has 0 aliphatic carbocycles. The summed E-state index contributed by atoms with van der Waals surface area (Å²) in [5.41, 5.74) is 0.657. The molecule has 1 N–H and O–H groups in total. The lowest BCUT2D eigenvalue weighted by atomic mass is 10.0. The molecule has 1 aliphatic rings. The third kappa shape index (κ3) is 2.98. The summed E-state index contributed by atoms with van der Waals surface area (Å²) in [6.07, 6.45) is 0. The number of aromatic hydroxyl groups is 1. The molecule has 0 fully saturated rings. The van der Waals surface area contributed by atoms with Crippen LogP contribution in [-0.2, 0) is 4.74 Å².